The molecule has 33 heavy (non-hydrogen) atoms. The van der Waals surface area contributed by atoms with Crippen molar-refractivity contribution >= 4 is 11.0 Å². The summed E-state index contributed by atoms with van der Waals surface area (Å²) in [6.45, 7) is 8.09. The molecule has 3 aromatic rings. The number of aryl methyl sites for hydroxylation is 1. The van der Waals surface area contributed by atoms with Crippen LogP contribution >= 0.6 is 0 Å². The molecule has 2 aromatic carbocycles. The Balaban J connectivity index is 2.17. The van der Waals surface area contributed by atoms with Crippen LogP contribution < -0.4 is 14.9 Å². The second kappa shape index (κ2) is 10.4. The van der Waals surface area contributed by atoms with Crippen molar-refractivity contribution in [2.45, 2.75) is 47.0 Å². The van der Waals surface area contributed by atoms with Crippen LogP contribution in [0.25, 0.3) is 22.3 Å². The van der Waals surface area contributed by atoms with Crippen LogP contribution in [0.3, 0.4) is 0 Å². The van der Waals surface area contributed by atoms with Gasteiger partial charge in [0.25, 0.3) is 0 Å². The standard InChI is InChI=1S/C28H32O5/c1-17(2)8-7-9-18(3)10-12-21-27(30)26-22(29)14-19(4)15-25(26)33-28(21)20-11-13-23(31-5)24(16-20)32-6/h8,10-11,13-16,29H,7,9,12H2,1-6H3/b18-10-. The minimum Gasteiger partial charge on any atom is -0.507 e. The number of methoxy groups -OCH3 is 2. The molecule has 0 aliphatic carbocycles. The van der Waals surface area contributed by atoms with Gasteiger partial charge in [-0.05, 0) is 82.9 Å². The largest absolute Gasteiger partial charge is 0.507 e. The third-order valence-electron chi connectivity index (χ3n) is 5.60. The summed E-state index contributed by atoms with van der Waals surface area (Å²) in [7, 11) is 3.15. The molecular formula is C28H32O5. The molecule has 1 aromatic heterocycles. The van der Waals surface area contributed by atoms with Gasteiger partial charge in [-0.1, -0.05) is 23.3 Å². The third-order valence-corrected chi connectivity index (χ3v) is 5.60. The smallest absolute Gasteiger partial charge is 0.200 e. The normalized spacial score (nSPS) is 11.5. The average molecular weight is 449 g/mol. The molecule has 1 heterocycles. The number of aromatic hydroxyl groups is 1. The first kappa shape index (κ1) is 24.2. The predicted molar refractivity (Wildman–Crippen MR) is 134 cm³/mol. The van der Waals surface area contributed by atoms with Crippen molar-refractivity contribution in [3.63, 3.8) is 0 Å². The lowest BCUT2D eigenvalue weighted by molar-refractivity contribution is 0.355. The molecule has 0 unspecified atom stereocenters. The minimum absolute atomic E-state index is 0.0666. The second-order valence-electron chi connectivity index (χ2n) is 8.54. The molecule has 0 spiro atoms. The maximum absolute atomic E-state index is 13.5. The summed E-state index contributed by atoms with van der Waals surface area (Å²) < 4.78 is 17.0. The Kier molecular flexibility index (Phi) is 7.64. The zero-order chi connectivity index (χ0) is 24.1. The van der Waals surface area contributed by atoms with Gasteiger partial charge in [0, 0.05) is 11.1 Å². The van der Waals surface area contributed by atoms with Crippen LogP contribution in [0.1, 0.15) is 44.7 Å². The number of benzene rings is 2. The summed E-state index contributed by atoms with van der Waals surface area (Å²) >= 11 is 0. The molecule has 0 bridgehead atoms. The van der Waals surface area contributed by atoms with Gasteiger partial charge in [-0.25, -0.2) is 0 Å². The summed E-state index contributed by atoms with van der Waals surface area (Å²) in [5.41, 5.74) is 4.62. The Morgan fingerprint density at radius 3 is 2.42 bits per heavy atom. The number of allylic oxidation sites excluding steroid dienone is 4. The lowest BCUT2D eigenvalue weighted by Gasteiger charge is -2.13. The lowest BCUT2D eigenvalue weighted by atomic mass is 9.99. The van der Waals surface area contributed by atoms with Gasteiger partial charge < -0.3 is 19.0 Å². The van der Waals surface area contributed by atoms with Gasteiger partial charge in [-0.2, -0.15) is 0 Å². The van der Waals surface area contributed by atoms with Crippen molar-refractivity contribution in [1.29, 1.82) is 0 Å². The topological polar surface area (TPSA) is 68.9 Å². The summed E-state index contributed by atoms with van der Waals surface area (Å²) in [6.07, 6.45) is 6.54. The zero-order valence-corrected chi connectivity index (χ0v) is 20.2. The molecule has 0 aliphatic heterocycles. The third kappa shape index (κ3) is 5.48. The van der Waals surface area contributed by atoms with Crippen molar-refractivity contribution in [3.05, 3.63) is 75.0 Å². The van der Waals surface area contributed by atoms with Crippen LogP contribution in [0, 0.1) is 6.92 Å². The molecule has 0 saturated carbocycles. The number of hydrogen-bond acceptors (Lipinski definition) is 5. The van der Waals surface area contributed by atoms with Crippen molar-refractivity contribution in [1.82, 2.24) is 0 Å². The summed E-state index contributed by atoms with van der Waals surface area (Å²) in [5.74, 6) is 1.54. The summed E-state index contributed by atoms with van der Waals surface area (Å²) in [5, 5.41) is 10.7. The van der Waals surface area contributed by atoms with E-state index in [4.69, 9.17) is 13.9 Å². The van der Waals surface area contributed by atoms with Crippen LogP contribution in [-0.4, -0.2) is 19.3 Å². The van der Waals surface area contributed by atoms with Crippen LogP contribution in [0.15, 0.2) is 62.8 Å². The van der Waals surface area contributed by atoms with E-state index in [0.717, 1.165) is 18.4 Å². The minimum atomic E-state index is -0.230. The molecule has 0 fully saturated rings. The van der Waals surface area contributed by atoms with Gasteiger partial charge in [0.1, 0.15) is 22.5 Å². The zero-order valence-electron chi connectivity index (χ0n) is 20.2. The number of phenols is 1. The maximum atomic E-state index is 13.5. The van der Waals surface area contributed by atoms with Gasteiger partial charge >= 0.3 is 0 Å². The van der Waals surface area contributed by atoms with E-state index in [2.05, 4.69) is 32.9 Å². The highest BCUT2D eigenvalue weighted by atomic mass is 16.5. The van der Waals surface area contributed by atoms with E-state index < -0.39 is 0 Å². The quantitative estimate of drug-likeness (QED) is 0.387. The molecule has 0 radical (unpaired) electrons. The van der Waals surface area contributed by atoms with Crippen LogP contribution in [0.2, 0.25) is 0 Å². The van der Waals surface area contributed by atoms with Crippen molar-refractivity contribution in [2.75, 3.05) is 14.2 Å². The molecule has 174 valence electrons. The first-order valence-electron chi connectivity index (χ1n) is 11.1. The molecule has 3 rings (SSSR count). The molecule has 5 heteroatoms. The molecule has 1 N–H and O–H groups in total. The van der Waals surface area contributed by atoms with Crippen molar-refractivity contribution < 1.29 is 19.0 Å². The van der Waals surface area contributed by atoms with E-state index in [1.807, 2.05) is 13.0 Å². The lowest BCUT2D eigenvalue weighted by Crippen LogP contribution is -2.11. The van der Waals surface area contributed by atoms with Gasteiger partial charge in [0.05, 0.1) is 14.2 Å². The molecule has 0 aliphatic rings. The Bertz CT molecular complexity index is 1270. The van der Waals surface area contributed by atoms with Gasteiger partial charge in [-0.15, -0.1) is 0 Å². The van der Waals surface area contributed by atoms with E-state index >= 15 is 0 Å². The van der Waals surface area contributed by atoms with E-state index in [1.54, 1.807) is 38.5 Å². The molecule has 0 atom stereocenters. The molecule has 5 nitrogen and oxygen atoms in total. The van der Waals surface area contributed by atoms with Gasteiger partial charge in [-0.3, -0.25) is 4.79 Å². The molecular weight excluding hydrogens is 416 g/mol. The highest BCUT2D eigenvalue weighted by Crippen LogP contribution is 2.36. The highest BCUT2D eigenvalue weighted by Gasteiger charge is 2.19. The first-order chi connectivity index (χ1) is 15.7. The number of hydrogen-bond donors (Lipinski definition) is 1. The van der Waals surface area contributed by atoms with E-state index in [-0.39, 0.29) is 16.6 Å². The number of ether oxygens (including phenoxy) is 2. The van der Waals surface area contributed by atoms with E-state index in [0.29, 0.717) is 40.4 Å². The maximum Gasteiger partial charge on any atom is 0.200 e. The predicted octanol–water partition coefficient (Wildman–Crippen LogP) is 6.73. The van der Waals surface area contributed by atoms with Gasteiger partial charge in [0.15, 0.2) is 11.5 Å². The SMILES string of the molecule is COc1ccc(-c2oc3cc(C)cc(O)c3c(=O)c2C/C=C(/C)CCC=C(C)C)cc1OC. The average Bonchev–Trinajstić information content (AvgIpc) is 2.76. The van der Waals surface area contributed by atoms with Crippen LogP contribution in [-0.2, 0) is 6.42 Å². The fraction of sp³-hybridized carbons (Fsp3) is 0.321. The highest BCUT2D eigenvalue weighted by molar-refractivity contribution is 5.86. The van der Waals surface area contributed by atoms with Crippen LogP contribution in [0.5, 0.6) is 17.2 Å². The first-order valence-corrected chi connectivity index (χ1v) is 11.1. The Labute approximate surface area is 195 Å². The Morgan fingerprint density at radius 1 is 1.03 bits per heavy atom. The Morgan fingerprint density at radius 2 is 1.76 bits per heavy atom. The second-order valence-corrected chi connectivity index (χ2v) is 8.54. The monoisotopic (exact) mass is 448 g/mol. The molecule has 0 amide bonds. The Hall–Kier alpha value is -3.47. The van der Waals surface area contributed by atoms with Gasteiger partial charge in [0.2, 0.25) is 5.43 Å². The number of fused-ring (bicyclic) bond motifs is 1. The van der Waals surface area contributed by atoms with Crippen LogP contribution in [0.4, 0.5) is 0 Å². The summed E-state index contributed by atoms with van der Waals surface area (Å²) in [4.78, 5) is 13.5. The van der Waals surface area contributed by atoms with E-state index in [1.165, 1.54) is 11.1 Å². The summed E-state index contributed by atoms with van der Waals surface area (Å²) in [6, 6.07) is 8.78. The van der Waals surface area contributed by atoms with Crippen molar-refractivity contribution in [3.8, 4) is 28.6 Å². The number of rotatable bonds is 8. The van der Waals surface area contributed by atoms with Crippen molar-refractivity contribution in [2.24, 2.45) is 0 Å². The van der Waals surface area contributed by atoms with E-state index in [9.17, 15) is 9.90 Å². The number of phenolic OH excluding ortho intramolecular Hbond substituents is 1. The fourth-order valence-corrected chi connectivity index (χ4v) is 3.83. The fourth-order valence-electron chi connectivity index (χ4n) is 3.83. The molecule has 0 saturated heterocycles.